The number of carbonyl (C=O) groups excluding carboxylic acids is 2. The molecule has 6 atom stereocenters. The summed E-state index contributed by atoms with van der Waals surface area (Å²) in [5.41, 5.74) is 4.32. The molecule has 246 valence electrons. The smallest absolute Gasteiger partial charge is 0.252 e. The molecule has 3 aromatic rings. The number of aryl methyl sites for hydroxylation is 1. The Bertz CT molecular complexity index is 1490. The third kappa shape index (κ3) is 7.38. The van der Waals surface area contributed by atoms with Crippen LogP contribution in [0.5, 0.6) is 5.75 Å². The molecule has 8 nitrogen and oxygen atoms in total. The number of hydrogen-bond acceptors (Lipinski definition) is 6. The quantitative estimate of drug-likeness (QED) is 0.262. The van der Waals surface area contributed by atoms with E-state index < -0.39 is 20.1 Å². The van der Waals surface area contributed by atoms with Crippen LogP contribution < -0.4 is 15.2 Å². The van der Waals surface area contributed by atoms with Gasteiger partial charge in [-0.25, -0.2) is 0 Å². The van der Waals surface area contributed by atoms with Crippen molar-refractivity contribution in [3.05, 3.63) is 89.5 Å². The van der Waals surface area contributed by atoms with Gasteiger partial charge in [-0.2, -0.15) is 0 Å². The van der Waals surface area contributed by atoms with E-state index in [2.05, 4.69) is 49.6 Å². The normalized spacial score (nSPS) is 23.5. The summed E-state index contributed by atoms with van der Waals surface area (Å²) in [6.07, 6.45) is 1.23. The lowest BCUT2D eigenvalue weighted by Gasteiger charge is -2.39. The van der Waals surface area contributed by atoms with Crippen LogP contribution in [0.3, 0.4) is 0 Å². The molecule has 2 aliphatic rings. The summed E-state index contributed by atoms with van der Waals surface area (Å²) in [4.78, 5) is 27.8. The first-order valence-corrected chi connectivity index (χ1v) is 19.4. The number of aliphatic hydroxyl groups excluding tert-OH is 2. The van der Waals surface area contributed by atoms with Gasteiger partial charge in [-0.1, -0.05) is 73.7 Å². The molecule has 5 rings (SSSR count). The average Bonchev–Trinajstić information content (AvgIpc) is 3.38. The highest BCUT2D eigenvalue weighted by Crippen LogP contribution is 2.47. The minimum Gasteiger partial charge on any atom is -0.497 e. The van der Waals surface area contributed by atoms with E-state index in [1.807, 2.05) is 53.4 Å². The number of nitrogens with zero attached hydrogens (tertiary/aromatic N) is 1. The van der Waals surface area contributed by atoms with Gasteiger partial charge < -0.3 is 29.9 Å². The summed E-state index contributed by atoms with van der Waals surface area (Å²) >= 11 is 0. The Balaban J connectivity index is 1.35. The molecule has 46 heavy (non-hydrogen) atoms. The fraction of sp³-hybridized carbons (Fsp3) is 0.459. The molecule has 0 unspecified atom stereocenters. The van der Waals surface area contributed by atoms with Crippen LogP contribution in [0, 0.1) is 5.92 Å². The van der Waals surface area contributed by atoms with Crippen LogP contribution in [0.1, 0.15) is 43.4 Å². The van der Waals surface area contributed by atoms with Gasteiger partial charge in [0.2, 0.25) is 5.91 Å². The van der Waals surface area contributed by atoms with Crippen LogP contribution in [0.4, 0.5) is 5.69 Å². The molecule has 1 fully saturated rings. The Labute approximate surface area is 273 Å². The maximum Gasteiger partial charge on any atom is 0.252 e. The molecule has 2 amide bonds. The molecule has 0 aromatic heterocycles. The van der Waals surface area contributed by atoms with Crippen LogP contribution in [0.25, 0.3) is 0 Å². The topological polar surface area (TPSA) is 108 Å². The van der Waals surface area contributed by atoms with Gasteiger partial charge in [-0.3, -0.25) is 9.59 Å². The summed E-state index contributed by atoms with van der Waals surface area (Å²) < 4.78 is 12.3. The maximum atomic E-state index is 14.1. The predicted molar refractivity (Wildman–Crippen MR) is 183 cm³/mol. The Hall–Kier alpha value is -3.50. The average molecular weight is 645 g/mol. The molecule has 0 saturated carbocycles. The lowest BCUT2D eigenvalue weighted by Crippen LogP contribution is -2.52. The van der Waals surface area contributed by atoms with Gasteiger partial charge in [0.05, 0.1) is 46.5 Å². The number of amides is 2. The third-order valence-corrected chi connectivity index (χ3v) is 14.5. The number of anilines is 1. The van der Waals surface area contributed by atoms with Crippen LogP contribution in [0.2, 0.25) is 18.6 Å². The van der Waals surface area contributed by atoms with Gasteiger partial charge in [-0.05, 0) is 78.6 Å². The summed E-state index contributed by atoms with van der Waals surface area (Å²) in [6, 6.07) is 24.0. The van der Waals surface area contributed by atoms with Crippen molar-refractivity contribution in [1.82, 2.24) is 4.90 Å². The number of hydrogen-bond donors (Lipinski definition) is 3. The van der Waals surface area contributed by atoms with Gasteiger partial charge in [0.25, 0.3) is 5.91 Å². The molecule has 3 N–H and O–H groups in total. The number of aliphatic hydroxyl groups is 2. The monoisotopic (exact) mass is 644 g/mol. The van der Waals surface area contributed by atoms with Crippen molar-refractivity contribution >= 4 is 30.8 Å². The summed E-state index contributed by atoms with van der Waals surface area (Å²) in [5, 5.41) is 23.8. The first-order chi connectivity index (χ1) is 22.0. The number of fused-ring (bicyclic) bond motifs is 1. The number of carbonyl (C=O) groups is 2. The minimum absolute atomic E-state index is 0.0156. The zero-order valence-corrected chi connectivity index (χ0v) is 28.6. The van der Waals surface area contributed by atoms with Crippen LogP contribution in [0.15, 0.2) is 72.8 Å². The van der Waals surface area contributed by atoms with E-state index in [0.29, 0.717) is 18.7 Å². The SMILES string of the molecule is COc1ccc([Si](C)(C)[C@@H]2[C@@H](C)[C@@H](CCc3ccc(NC(=O)[C@H](C)O)cc3)O[C@H]2CC(=O)N2Cc3ccccc3C[C@H]2CO)cc1. The summed E-state index contributed by atoms with van der Waals surface area (Å²) in [6.45, 7) is 8.92. The Morgan fingerprint density at radius 1 is 1.02 bits per heavy atom. The zero-order chi connectivity index (χ0) is 33.0. The molecule has 0 bridgehead atoms. The van der Waals surface area contributed by atoms with Crippen LogP contribution >= 0.6 is 0 Å². The second kappa shape index (κ2) is 14.5. The molecule has 1 saturated heterocycles. The van der Waals surface area contributed by atoms with Gasteiger partial charge in [0.15, 0.2) is 0 Å². The second-order valence-electron chi connectivity index (χ2n) is 13.5. The van der Waals surface area contributed by atoms with Gasteiger partial charge in [0.1, 0.15) is 11.9 Å². The highest BCUT2D eigenvalue weighted by molar-refractivity contribution is 6.91. The Morgan fingerprint density at radius 3 is 2.33 bits per heavy atom. The first kappa shape index (κ1) is 33.8. The fourth-order valence-corrected chi connectivity index (χ4v) is 11.6. The highest BCUT2D eigenvalue weighted by atomic mass is 28.3. The van der Waals surface area contributed by atoms with Crippen molar-refractivity contribution in [2.24, 2.45) is 5.92 Å². The molecule has 3 aromatic carbocycles. The molecule has 0 aliphatic carbocycles. The van der Waals surface area contributed by atoms with Crippen molar-refractivity contribution in [2.75, 3.05) is 19.0 Å². The minimum atomic E-state index is -2.15. The number of benzene rings is 3. The lowest BCUT2D eigenvalue weighted by molar-refractivity contribution is -0.138. The second-order valence-corrected chi connectivity index (χ2v) is 18.2. The largest absolute Gasteiger partial charge is 0.497 e. The number of ether oxygens (including phenoxy) is 2. The predicted octanol–water partition coefficient (Wildman–Crippen LogP) is 4.67. The van der Waals surface area contributed by atoms with E-state index in [9.17, 15) is 19.8 Å². The highest BCUT2D eigenvalue weighted by Gasteiger charge is 2.51. The maximum absolute atomic E-state index is 14.1. The standard InChI is InChI=1S/C37H48N2O6Si/c1-24-33(19-12-26-10-13-29(14-11-26)38-37(43)25(2)41)45-34(36(24)46(4,5)32-17-15-31(44-3)16-18-32)21-35(42)39-22-28-9-7-6-8-27(28)20-30(39)23-40/h6-11,13-18,24-25,30,33-34,36,40-41H,12,19-23H2,1-5H3,(H,38,43)/t24-,25-,30-,33+,34-,36+/m0/s1. The summed E-state index contributed by atoms with van der Waals surface area (Å²) in [5.74, 6) is 0.661. The number of methoxy groups -OCH3 is 1. The van der Waals surface area contributed by atoms with Crippen LogP contribution in [-0.2, 0) is 33.7 Å². The van der Waals surface area contributed by atoms with Crippen molar-refractivity contribution in [2.45, 2.75) is 89.1 Å². The molecule has 0 radical (unpaired) electrons. The van der Waals surface area contributed by atoms with E-state index in [1.165, 1.54) is 17.7 Å². The number of rotatable bonds is 11. The fourth-order valence-electron chi connectivity index (χ4n) is 7.49. The third-order valence-electron chi connectivity index (χ3n) is 10.2. The molecular weight excluding hydrogens is 597 g/mol. The Morgan fingerprint density at radius 2 is 1.70 bits per heavy atom. The van der Waals surface area contributed by atoms with Crippen molar-refractivity contribution in [3.63, 3.8) is 0 Å². The van der Waals surface area contributed by atoms with E-state index in [1.54, 1.807) is 7.11 Å². The van der Waals surface area contributed by atoms with Crippen molar-refractivity contribution in [3.8, 4) is 5.75 Å². The van der Waals surface area contributed by atoms with Crippen molar-refractivity contribution in [1.29, 1.82) is 0 Å². The molecular formula is C37H48N2O6Si. The molecule has 0 spiro atoms. The van der Waals surface area contributed by atoms with Crippen molar-refractivity contribution < 1.29 is 29.3 Å². The zero-order valence-electron chi connectivity index (χ0n) is 27.6. The van der Waals surface area contributed by atoms with Gasteiger partial charge in [0, 0.05) is 12.2 Å². The van der Waals surface area contributed by atoms with E-state index >= 15 is 0 Å². The molecule has 2 aliphatic heterocycles. The van der Waals surface area contributed by atoms with E-state index in [0.717, 1.165) is 29.7 Å². The Kier molecular flexibility index (Phi) is 10.7. The first-order valence-electron chi connectivity index (χ1n) is 16.4. The van der Waals surface area contributed by atoms with E-state index in [-0.39, 0.29) is 48.6 Å². The molecule has 9 heteroatoms. The molecule has 2 heterocycles. The van der Waals surface area contributed by atoms with Gasteiger partial charge in [-0.15, -0.1) is 0 Å². The van der Waals surface area contributed by atoms with Gasteiger partial charge >= 0.3 is 0 Å². The van der Waals surface area contributed by atoms with E-state index in [4.69, 9.17) is 9.47 Å². The lowest BCUT2D eigenvalue weighted by atomic mass is 9.93. The number of nitrogens with one attached hydrogen (secondary N) is 1. The van der Waals surface area contributed by atoms with Crippen LogP contribution in [-0.4, -0.2) is 73.1 Å². The summed E-state index contributed by atoms with van der Waals surface area (Å²) in [7, 11) is -0.476.